The highest BCUT2D eigenvalue weighted by atomic mass is 28.3. The van der Waals surface area contributed by atoms with Crippen LogP contribution >= 0.6 is 0 Å². The molecule has 0 aliphatic carbocycles. The summed E-state index contributed by atoms with van der Waals surface area (Å²) < 4.78 is 0. The van der Waals surface area contributed by atoms with Crippen molar-refractivity contribution in [1.82, 2.24) is 0 Å². The minimum atomic E-state index is -1.06. The molecule has 0 heterocycles. The topological polar surface area (TPSA) is 0 Å². The summed E-state index contributed by atoms with van der Waals surface area (Å²) >= 11 is 0. The van der Waals surface area contributed by atoms with E-state index in [1.165, 1.54) is 0 Å². The predicted octanol–water partition coefficient (Wildman–Crippen LogP) is 2.16. The van der Waals surface area contributed by atoms with Gasteiger partial charge in [-0.15, -0.1) is 0 Å². The van der Waals surface area contributed by atoms with E-state index in [-0.39, 0.29) is 8.80 Å². The van der Waals surface area contributed by atoms with E-state index in [1.54, 1.807) is 0 Å². The molecule has 0 aromatic rings. The zero-order valence-corrected chi connectivity index (χ0v) is 9.00. The lowest BCUT2D eigenvalue weighted by atomic mass is 11.4. The molecule has 50 valence electrons. The van der Waals surface area contributed by atoms with Crippen molar-refractivity contribution >= 4 is 16.9 Å². The second-order valence-corrected chi connectivity index (χ2v) is 10.5. The molecule has 2 heteroatoms. The maximum atomic E-state index is 3.36. The van der Waals surface area contributed by atoms with Gasteiger partial charge in [-0.1, -0.05) is 25.2 Å². The summed E-state index contributed by atoms with van der Waals surface area (Å²) in [5.41, 5.74) is 6.65. The van der Waals surface area contributed by atoms with E-state index >= 15 is 0 Å². The fourth-order valence-corrected chi connectivity index (χ4v) is 2.81. The molecule has 0 saturated heterocycles. The van der Waals surface area contributed by atoms with Crippen LogP contribution < -0.4 is 0 Å². The zero-order chi connectivity index (χ0) is 7.49. The Bertz CT molecular complexity index is 131. The molecule has 0 spiro atoms. The monoisotopic (exact) mass is 155 g/mol. The molecule has 0 bridgehead atoms. The summed E-state index contributed by atoms with van der Waals surface area (Å²) in [6, 6.07) is 0. The van der Waals surface area contributed by atoms with Gasteiger partial charge in [0.05, 0.1) is 18.6 Å². The summed E-state index contributed by atoms with van der Waals surface area (Å²) in [5.74, 6) is 0. The van der Waals surface area contributed by atoms with Gasteiger partial charge in [0.1, 0.15) is 8.07 Å². The third kappa shape index (κ3) is 7.99. The minimum Gasteiger partial charge on any atom is -0.0980 e. The summed E-state index contributed by atoms with van der Waals surface area (Å²) in [4.78, 5) is 0. The van der Waals surface area contributed by atoms with Gasteiger partial charge in [0.2, 0.25) is 0 Å². The number of rotatable bonds is 0. The maximum Gasteiger partial charge on any atom is 0.398 e. The van der Waals surface area contributed by atoms with Crippen LogP contribution in [0.1, 0.15) is 0 Å². The Hall–Kier alpha value is -0.00623. The van der Waals surface area contributed by atoms with Crippen molar-refractivity contribution in [2.75, 3.05) is 0 Å². The fourth-order valence-electron chi connectivity index (χ4n) is 0.312. The fraction of sp³-hybridized carbons (Fsp3) is 0.714. The van der Waals surface area contributed by atoms with E-state index in [2.05, 4.69) is 43.8 Å². The van der Waals surface area contributed by atoms with Crippen molar-refractivity contribution < 1.29 is 0 Å². The third-order valence-corrected chi connectivity index (χ3v) is 2.44. The SMILES string of the molecule is C[Si+](C)C#C[Si](C)(C)C. The Morgan fingerprint density at radius 2 is 1.56 bits per heavy atom. The first-order valence-electron chi connectivity index (χ1n) is 3.25. The van der Waals surface area contributed by atoms with Gasteiger partial charge in [0.25, 0.3) is 0 Å². The maximum absolute atomic E-state index is 3.36. The summed E-state index contributed by atoms with van der Waals surface area (Å²) in [7, 11) is -1.35. The molecule has 0 saturated carbocycles. The van der Waals surface area contributed by atoms with Gasteiger partial charge in [0, 0.05) is 0 Å². The smallest absolute Gasteiger partial charge is 0.0980 e. The van der Waals surface area contributed by atoms with Gasteiger partial charge in [0.15, 0.2) is 0 Å². The first-order valence-corrected chi connectivity index (χ1v) is 9.25. The Morgan fingerprint density at radius 1 is 1.11 bits per heavy atom. The largest absolute Gasteiger partial charge is 0.398 e. The lowest BCUT2D eigenvalue weighted by molar-refractivity contribution is 1.81. The molecule has 0 aromatic heterocycles. The highest BCUT2D eigenvalue weighted by molar-refractivity contribution is 6.85. The molecule has 0 rings (SSSR count). The molecule has 0 N–H and O–H groups in total. The van der Waals surface area contributed by atoms with Gasteiger partial charge < -0.3 is 0 Å². The minimum absolute atomic E-state index is 0.294. The van der Waals surface area contributed by atoms with E-state index in [0.717, 1.165) is 0 Å². The van der Waals surface area contributed by atoms with Gasteiger partial charge in [-0.05, 0) is 0 Å². The molecule has 0 amide bonds. The van der Waals surface area contributed by atoms with E-state index in [1.807, 2.05) is 0 Å². The molecular formula is C7H15Si2+. The van der Waals surface area contributed by atoms with Gasteiger partial charge in [-0.3, -0.25) is 0 Å². The van der Waals surface area contributed by atoms with Crippen molar-refractivity contribution in [3.8, 4) is 11.1 Å². The normalized spacial score (nSPS) is 9.89. The highest BCUT2D eigenvalue weighted by Gasteiger charge is 2.11. The van der Waals surface area contributed by atoms with E-state index in [4.69, 9.17) is 0 Å². The van der Waals surface area contributed by atoms with Crippen LogP contribution in [-0.2, 0) is 0 Å². The molecular weight excluding hydrogens is 140 g/mol. The molecule has 0 aliphatic heterocycles. The van der Waals surface area contributed by atoms with Gasteiger partial charge in [-0.25, -0.2) is 0 Å². The van der Waals surface area contributed by atoms with Crippen LogP contribution in [0.5, 0.6) is 0 Å². The summed E-state index contributed by atoms with van der Waals surface area (Å²) in [5, 5.41) is 0. The van der Waals surface area contributed by atoms with Crippen LogP contribution in [0.4, 0.5) is 0 Å². The lowest BCUT2D eigenvalue weighted by Crippen LogP contribution is -2.17. The Labute approximate surface area is 61.3 Å². The average molecular weight is 155 g/mol. The molecule has 0 nitrogen and oxygen atoms in total. The third-order valence-electron chi connectivity index (χ3n) is 0.688. The first kappa shape index (κ1) is 8.99. The molecule has 9 heavy (non-hydrogen) atoms. The molecule has 0 unspecified atom stereocenters. The van der Waals surface area contributed by atoms with Crippen molar-refractivity contribution in [1.29, 1.82) is 0 Å². The number of hydrogen-bond acceptors (Lipinski definition) is 0. The van der Waals surface area contributed by atoms with Crippen molar-refractivity contribution in [3.63, 3.8) is 0 Å². The van der Waals surface area contributed by atoms with Crippen LogP contribution in [0.15, 0.2) is 0 Å². The molecule has 0 fully saturated rings. The summed E-state index contributed by atoms with van der Waals surface area (Å²) in [6.45, 7) is 11.3. The predicted molar refractivity (Wildman–Crippen MR) is 48.6 cm³/mol. The second kappa shape index (κ2) is 3.24. The molecule has 0 radical (unpaired) electrons. The Morgan fingerprint density at radius 3 is 1.67 bits per heavy atom. The quantitative estimate of drug-likeness (QED) is 0.371. The lowest BCUT2D eigenvalue weighted by Gasteiger charge is -2.01. The van der Waals surface area contributed by atoms with Gasteiger partial charge >= 0.3 is 8.80 Å². The molecule has 0 aliphatic rings. The van der Waals surface area contributed by atoms with Crippen LogP contribution in [0, 0.1) is 11.1 Å². The average Bonchev–Trinajstić information content (AvgIpc) is 1.59. The highest BCUT2D eigenvalue weighted by Crippen LogP contribution is 1.96. The van der Waals surface area contributed by atoms with Crippen LogP contribution in [-0.4, -0.2) is 16.9 Å². The molecule has 0 aromatic carbocycles. The second-order valence-electron chi connectivity index (χ2n) is 3.50. The zero-order valence-electron chi connectivity index (χ0n) is 7.00. The van der Waals surface area contributed by atoms with E-state index in [9.17, 15) is 0 Å². The Kier molecular flexibility index (Phi) is 3.23. The van der Waals surface area contributed by atoms with Crippen LogP contribution in [0.25, 0.3) is 0 Å². The van der Waals surface area contributed by atoms with Crippen LogP contribution in [0.3, 0.4) is 0 Å². The van der Waals surface area contributed by atoms with Crippen molar-refractivity contribution in [2.24, 2.45) is 0 Å². The first-order chi connectivity index (χ1) is 3.92. The number of hydrogen-bond donors (Lipinski definition) is 0. The molecule has 0 atom stereocenters. The van der Waals surface area contributed by atoms with Crippen molar-refractivity contribution in [3.05, 3.63) is 0 Å². The van der Waals surface area contributed by atoms with E-state index in [0.29, 0.717) is 0 Å². The van der Waals surface area contributed by atoms with Crippen LogP contribution in [0.2, 0.25) is 32.7 Å². The Balaban J connectivity index is 3.88. The summed E-state index contributed by atoms with van der Waals surface area (Å²) in [6.07, 6.45) is 0. The van der Waals surface area contributed by atoms with Gasteiger partial charge in [-0.2, -0.15) is 0 Å². The van der Waals surface area contributed by atoms with E-state index < -0.39 is 8.07 Å². The van der Waals surface area contributed by atoms with Crippen molar-refractivity contribution in [2.45, 2.75) is 32.7 Å². The standard InChI is InChI=1S/C7H15Si2/c1-8(2)6-7-9(3,4)5/h1-5H3/q+1.